The average Bonchev–Trinajstić information content (AvgIpc) is 3.06. The Kier molecular flexibility index (Phi) is 5.00. The number of carbonyl (C=O) groups excluding carboxylic acids is 1. The van der Waals surface area contributed by atoms with Gasteiger partial charge in [-0.3, -0.25) is 9.48 Å². The lowest BCUT2D eigenvalue weighted by Gasteiger charge is -2.26. The molecule has 3 rings (SSSR count). The molecule has 25 heavy (non-hydrogen) atoms. The third kappa shape index (κ3) is 3.64. The molecule has 1 aliphatic rings. The zero-order valence-electron chi connectivity index (χ0n) is 14.0. The lowest BCUT2D eigenvalue weighted by molar-refractivity contribution is 0.100. The van der Waals surface area contributed by atoms with E-state index < -0.39 is 5.91 Å². The van der Waals surface area contributed by atoms with Crippen LogP contribution in [-0.4, -0.2) is 15.7 Å². The minimum Gasteiger partial charge on any atom is -0.365 e. The quantitative estimate of drug-likeness (QED) is 0.772. The molecule has 7 nitrogen and oxygen atoms in total. The molecular formula is C18H22N6O. The van der Waals surface area contributed by atoms with Gasteiger partial charge in [-0.2, -0.15) is 10.4 Å². The molecule has 0 aliphatic heterocycles. The van der Waals surface area contributed by atoms with Crippen molar-refractivity contribution >= 4 is 17.4 Å². The number of nitriles is 1. The Labute approximate surface area is 146 Å². The predicted molar refractivity (Wildman–Crippen MR) is 95.0 cm³/mol. The fourth-order valence-electron chi connectivity index (χ4n) is 3.27. The van der Waals surface area contributed by atoms with Gasteiger partial charge in [-0.05, 0) is 30.5 Å². The van der Waals surface area contributed by atoms with Gasteiger partial charge >= 0.3 is 0 Å². The van der Waals surface area contributed by atoms with Gasteiger partial charge in [0.25, 0.3) is 5.91 Å². The molecule has 1 aromatic carbocycles. The van der Waals surface area contributed by atoms with Gasteiger partial charge in [-0.1, -0.05) is 25.0 Å². The molecule has 2 unspecified atom stereocenters. The first-order chi connectivity index (χ1) is 12.1. The standard InChI is InChI=1S/C18H22N6O/c19-9-12-5-7-14(8-6-12)22-18-15(17(21)25)11-24(23-18)16-4-2-1-3-13(16)10-20/h5-8,11,13,16H,1-4,9,19H2,(H2,21,25)(H,22,23). The third-order valence-corrected chi connectivity index (χ3v) is 4.68. The second-order valence-corrected chi connectivity index (χ2v) is 6.35. The van der Waals surface area contributed by atoms with Crippen molar-refractivity contribution in [3.8, 4) is 6.07 Å². The molecule has 0 spiro atoms. The summed E-state index contributed by atoms with van der Waals surface area (Å²) in [5, 5.41) is 17.0. The van der Waals surface area contributed by atoms with Crippen molar-refractivity contribution in [1.29, 1.82) is 5.26 Å². The van der Waals surface area contributed by atoms with Crippen LogP contribution in [0.25, 0.3) is 0 Å². The Morgan fingerprint density at radius 1 is 1.32 bits per heavy atom. The highest BCUT2D eigenvalue weighted by molar-refractivity contribution is 5.98. The van der Waals surface area contributed by atoms with Crippen molar-refractivity contribution < 1.29 is 4.79 Å². The van der Waals surface area contributed by atoms with Crippen LogP contribution in [0.15, 0.2) is 30.5 Å². The van der Waals surface area contributed by atoms with E-state index in [1.54, 1.807) is 10.9 Å². The van der Waals surface area contributed by atoms with Gasteiger partial charge in [0.2, 0.25) is 0 Å². The first-order valence-electron chi connectivity index (χ1n) is 8.47. The molecule has 5 N–H and O–H groups in total. The number of nitrogens with two attached hydrogens (primary N) is 2. The molecule has 0 saturated heterocycles. The van der Waals surface area contributed by atoms with Gasteiger partial charge in [0, 0.05) is 18.4 Å². The minimum absolute atomic E-state index is 0.0213. The molecule has 2 aromatic rings. The maximum atomic E-state index is 11.8. The molecule has 130 valence electrons. The third-order valence-electron chi connectivity index (χ3n) is 4.68. The molecule has 1 aliphatic carbocycles. The second-order valence-electron chi connectivity index (χ2n) is 6.35. The number of hydrogen-bond donors (Lipinski definition) is 3. The summed E-state index contributed by atoms with van der Waals surface area (Å²) < 4.78 is 1.73. The zero-order valence-corrected chi connectivity index (χ0v) is 14.0. The number of benzene rings is 1. The van der Waals surface area contributed by atoms with Crippen molar-refractivity contribution in [3.05, 3.63) is 41.6 Å². The molecule has 1 fully saturated rings. The summed E-state index contributed by atoms with van der Waals surface area (Å²) in [6.45, 7) is 0.471. The molecule has 1 amide bonds. The van der Waals surface area contributed by atoms with Gasteiger partial charge in [-0.15, -0.1) is 0 Å². The van der Waals surface area contributed by atoms with E-state index in [4.69, 9.17) is 11.5 Å². The van der Waals surface area contributed by atoms with Crippen molar-refractivity contribution in [1.82, 2.24) is 9.78 Å². The zero-order chi connectivity index (χ0) is 17.8. The molecular weight excluding hydrogens is 316 g/mol. The van der Waals surface area contributed by atoms with E-state index in [0.29, 0.717) is 17.9 Å². The van der Waals surface area contributed by atoms with Crippen LogP contribution in [0.1, 0.15) is 47.6 Å². The smallest absolute Gasteiger partial charge is 0.254 e. The van der Waals surface area contributed by atoms with Crippen LogP contribution >= 0.6 is 0 Å². The highest BCUT2D eigenvalue weighted by atomic mass is 16.1. The summed E-state index contributed by atoms with van der Waals surface area (Å²) in [6, 6.07) is 9.93. The number of nitrogens with zero attached hydrogens (tertiary/aromatic N) is 3. The topological polar surface area (TPSA) is 123 Å². The second kappa shape index (κ2) is 7.36. The van der Waals surface area contributed by atoms with E-state index in [-0.39, 0.29) is 12.0 Å². The van der Waals surface area contributed by atoms with Gasteiger partial charge in [0.15, 0.2) is 5.82 Å². The monoisotopic (exact) mass is 338 g/mol. The van der Waals surface area contributed by atoms with E-state index in [1.165, 1.54) is 0 Å². The Morgan fingerprint density at radius 2 is 2.04 bits per heavy atom. The number of anilines is 2. The van der Waals surface area contributed by atoms with Crippen LogP contribution in [0.2, 0.25) is 0 Å². The lowest BCUT2D eigenvalue weighted by Crippen LogP contribution is -2.22. The van der Waals surface area contributed by atoms with Crippen LogP contribution < -0.4 is 16.8 Å². The maximum absolute atomic E-state index is 11.8. The van der Waals surface area contributed by atoms with Crippen LogP contribution in [-0.2, 0) is 6.54 Å². The number of amides is 1. The minimum atomic E-state index is -0.545. The highest BCUT2D eigenvalue weighted by Gasteiger charge is 2.28. The molecule has 2 atom stereocenters. The summed E-state index contributed by atoms with van der Waals surface area (Å²) in [6.07, 6.45) is 5.49. The number of hydrogen-bond acceptors (Lipinski definition) is 5. The van der Waals surface area contributed by atoms with Crippen LogP contribution in [0.3, 0.4) is 0 Å². The molecule has 0 radical (unpaired) electrons. The van der Waals surface area contributed by atoms with Gasteiger partial charge < -0.3 is 16.8 Å². The van der Waals surface area contributed by atoms with Crippen LogP contribution in [0.4, 0.5) is 11.5 Å². The molecule has 1 saturated carbocycles. The summed E-state index contributed by atoms with van der Waals surface area (Å²) >= 11 is 0. The molecule has 1 heterocycles. The van der Waals surface area contributed by atoms with E-state index >= 15 is 0 Å². The maximum Gasteiger partial charge on any atom is 0.254 e. The van der Waals surface area contributed by atoms with Crippen molar-refractivity contribution in [2.45, 2.75) is 38.3 Å². The summed E-state index contributed by atoms with van der Waals surface area (Å²) in [4.78, 5) is 11.8. The number of nitrogens with one attached hydrogen (secondary N) is 1. The van der Waals surface area contributed by atoms with Gasteiger partial charge in [-0.25, -0.2) is 0 Å². The first-order valence-corrected chi connectivity index (χ1v) is 8.47. The summed E-state index contributed by atoms with van der Waals surface area (Å²) in [7, 11) is 0. The van der Waals surface area contributed by atoms with Crippen molar-refractivity contribution in [2.24, 2.45) is 17.4 Å². The van der Waals surface area contributed by atoms with Crippen molar-refractivity contribution in [3.63, 3.8) is 0 Å². The Bertz CT molecular complexity index is 789. The summed E-state index contributed by atoms with van der Waals surface area (Å²) in [5.41, 5.74) is 13.3. The van der Waals surface area contributed by atoms with E-state index in [9.17, 15) is 10.1 Å². The Hall–Kier alpha value is -2.85. The average molecular weight is 338 g/mol. The number of aromatic nitrogens is 2. The summed E-state index contributed by atoms with van der Waals surface area (Å²) in [5.74, 6) is -0.224. The normalized spacial score (nSPS) is 20.0. The number of rotatable bonds is 5. The number of primary amides is 1. The Morgan fingerprint density at radius 3 is 2.68 bits per heavy atom. The molecule has 7 heteroatoms. The van der Waals surface area contributed by atoms with Crippen LogP contribution in [0.5, 0.6) is 0 Å². The van der Waals surface area contributed by atoms with E-state index in [0.717, 1.165) is 36.9 Å². The fourth-order valence-corrected chi connectivity index (χ4v) is 3.27. The molecule has 1 aromatic heterocycles. The highest BCUT2D eigenvalue weighted by Crippen LogP contribution is 2.34. The first kappa shape index (κ1) is 17.0. The van der Waals surface area contributed by atoms with E-state index in [1.807, 2.05) is 24.3 Å². The van der Waals surface area contributed by atoms with Gasteiger partial charge in [0.05, 0.1) is 18.0 Å². The van der Waals surface area contributed by atoms with E-state index in [2.05, 4.69) is 16.5 Å². The Balaban J connectivity index is 1.89. The van der Waals surface area contributed by atoms with Crippen molar-refractivity contribution in [2.75, 3.05) is 5.32 Å². The largest absolute Gasteiger partial charge is 0.365 e. The SMILES string of the molecule is N#CC1CCCCC1n1cc(C(N)=O)c(Nc2ccc(CN)cc2)n1. The fraction of sp³-hybridized carbons (Fsp3) is 0.389. The lowest BCUT2D eigenvalue weighted by atomic mass is 9.85. The van der Waals surface area contributed by atoms with Gasteiger partial charge in [0.1, 0.15) is 5.56 Å². The predicted octanol–water partition coefficient (Wildman–Crippen LogP) is 2.44. The van der Waals surface area contributed by atoms with Crippen LogP contribution in [0, 0.1) is 17.2 Å². The molecule has 0 bridgehead atoms. The number of carbonyl (C=O) groups is 1.